The summed E-state index contributed by atoms with van der Waals surface area (Å²) in [6.07, 6.45) is -1.44. The minimum atomic E-state index is -4.42. The van der Waals surface area contributed by atoms with Gasteiger partial charge in [0.05, 0.1) is 17.7 Å². The zero-order valence-corrected chi connectivity index (χ0v) is 14.3. The van der Waals surface area contributed by atoms with Crippen molar-refractivity contribution in [1.29, 1.82) is 0 Å². The van der Waals surface area contributed by atoms with Crippen LogP contribution in [0.3, 0.4) is 0 Å². The third kappa shape index (κ3) is 6.12. The Morgan fingerprint density at radius 1 is 1.24 bits per heavy atom. The van der Waals surface area contributed by atoms with E-state index in [-0.39, 0.29) is 24.8 Å². The van der Waals surface area contributed by atoms with Gasteiger partial charge in [-0.2, -0.15) is 13.2 Å². The number of nitrogens with zero attached hydrogens (tertiary/aromatic N) is 1. The summed E-state index contributed by atoms with van der Waals surface area (Å²) in [5.41, 5.74) is -0.399. The van der Waals surface area contributed by atoms with Gasteiger partial charge in [0.1, 0.15) is 12.4 Å². The second kappa shape index (κ2) is 8.53. The van der Waals surface area contributed by atoms with Gasteiger partial charge < -0.3 is 10.1 Å². The van der Waals surface area contributed by atoms with E-state index in [0.717, 1.165) is 12.1 Å². The Labute approximate surface area is 150 Å². The van der Waals surface area contributed by atoms with Crippen molar-refractivity contribution in [2.24, 2.45) is 0 Å². The van der Waals surface area contributed by atoms with E-state index in [1.54, 1.807) is 12.3 Å². The monoisotopic (exact) mass is 412 g/mol. The highest BCUT2D eigenvalue weighted by Crippen LogP contribution is 2.31. The molecule has 1 heterocycles. The van der Waals surface area contributed by atoms with Gasteiger partial charge in [0, 0.05) is 16.9 Å². The predicted octanol–water partition coefficient (Wildman–Crippen LogP) is 3.68. The largest absolute Gasteiger partial charge is 0.481 e. The Hall–Kier alpha value is -2.53. The number of amides is 1. The molecular weight excluding hydrogens is 401 g/mol. The van der Waals surface area contributed by atoms with Crippen molar-refractivity contribution in [3.63, 3.8) is 0 Å². The minimum absolute atomic E-state index is 0.0772. The molecule has 0 bridgehead atoms. The summed E-state index contributed by atoms with van der Waals surface area (Å²) < 4.78 is 43.5. The molecule has 1 aromatic carbocycles. The van der Waals surface area contributed by atoms with Gasteiger partial charge in [-0.15, -0.1) is 0 Å². The second-order valence-electron chi connectivity index (χ2n) is 4.74. The molecule has 1 aromatic heterocycles. The first-order valence-electron chi connectivity index (χ1n) is 7.01. The maximum atomic E-state index is 12.6. The van der Waals surface area contributed by atoms with Crippen molar-refractivity contribution >= 4 is 21.8 Å². The van der Waals surface area contributed by atoms with Crippen LogP contribution in [-0.2, 0) is 6.18 Å². The van der Waals surface area contributed by atoms with Crippen LogP contribution in [0, 0.1) is 11.8 Å². The summed E-state index contributed by atoms with van der Waals surface area (Å²) in [5.74, 6) is 5.02. The molecule has 2 aromatic rings. The molecule has 0 aliphatic carbocycles. The standard InChI is InChI=1S/C17H12BrF3N2O2/c18-14-8-12(10-22-11-14)16(24)23-6-1-2-7-25-15-5-3-4-13(9-15)17(19,20)21/h3-5,8-11H,6-7H2,(H,23,24). The number of hydrogen-bond donors (Lipinski definition) is 1. The van der Waals surface area contributed by atoms with Gasteiger partial charge in [-0.1, -0.05) is 17.9 Å². The van der Waals surface area contributed by atoms with Gasteiger partial charge in [-0.05, 0) is 40.2 Å². The lowest BCUT2D eigenvalue weighted by atomic mass is 10.2. The Bertz CT molecular complexity index is 813. The number of aromatic nitrogens is 1. The van der Waals surface area contributed by atoms with Crippen molar-refractivity contribution < 1.29 is 22.7 Å². The maximum Gasteiger partial charge on any atom is 0.416 e. The molecule has 0 radical (unpaired) electrons. The smallest absolute Gasteiger partial charge is 0.416 e. The SMILES string of the molecule is O=C(NCC#CCOc1cccc(C(F)(F)F)c1)c1cncc(Br)c1. The van der Waals surface area contributed by atoms with E-state index in [1.807, 2.05) is 0 Å². The van der Waals surface area contributed by atoms with E-state index in [1.165, 1.54) is 18.3 Å². The zero-order chi connectivity index (χ0) is 18.3. The van der Waals surface area contributed by atoms with E-state index < -0.39 is 11.7 Å². The molecule has 0 aliphatic rings. The van der Waals surface area contributed by atoms with Crippen LogP contribution in [0.2, 0.25) is 0 Å². The number of carbonyl (C=O) groups is 1. The number of alkyl halides is 3. The number of pyridine rings is 1. The lowest BCUT2D eigenvalue weighted by Crippen LogP contribution is -2.23. The van der Waals surface area contributed by atoms with Crippen molar-refractivity contribution in [2.75, 3.05) is 13.2 Å². The first kappa shape index (κ1) is 18.8. The number of ether oxygens (including phenoxy) is 1. The molecule has 0 aliphatic heterocycles. The quantitative estimate of drug-likeness (QED) is 0.779. The number of nitrogens with one attached hydrogen (secondary N) is 1. The lowest BCUT2D eigenvalue weighted by Gasteiger charge is -2.08. The van der Waals surface area contributed by atoms with Gasteiger partial charge in [-0.3, -0.25) is 9.78 Å². The van der Waals surface area contributed by atoms with Crippen molar-refractivity contribution in [2.45, 2.75) is 6.18 Å². The number of benzene rings is 1. The van der Waals surface area contributed by atoms with E-state index in [2.05, 4.69) is 38.1 Å². The average molecular weight is 413 g/mol. The maximum absolute atomic E-state index is 12.6. The Morgan fingerprint density at radius 3 is 2.76 bits per heavy atom. The fourth-order valence-electron chi connectivity index (χ4n) is 1.76. The van der Waals surface area contributed by atoms with Gasteiger partial charge in [0.15, 0.2) is 0 Å². The van der Waals surface area contributed by atoms with Crippen molar-refractivity contribution in [3.05, 3.63) is 58.3 Å². The second-order valence-corrected chi connectivity index (χ2v) is 5.66. The van der Waals surface area contributed by atoms with Crippen LogP contribution in [-0.4, -0.2) is 24.0 Å². The van der Waals surface area contributed by atoms with Gasteiger partial charge >= 0.3 is 6.18 Å². The van der Waals surface area contributed by atoms with Gasteiger partial charge in [0.25, 0.3) is 5.91 Å². The molecule has 25 heavy (non-hydrogen) atoms. The summed E-state index contributed by atoms with van der Waals surface area (Å²) in [4.78, 5) is 15.7. The molecular formula is C17H12BrF3N2O2. The van der Waals surface area contributed by atoms with Gasteiger partial charge in [0.2, 0.25) is 0 Å². The van der Waals surface area contributed by atoms with Crippen LogP contribution in [0.4, 0.5) is 13.2 Å². The fraction of sp³-hybridized carbons (Fsp3) is 0.176. The Kier molecular flexibility index (Phi) is 6.42. The molecule has 130 valence electrons. The van der Waals surface area contributed by atoms with Crippen molar-refractivity contribution in [1.82, 2.24) is 10.3 Å². The normalized spacial score (nSPS) is 10.6. The molecule has 1 amide bonds. The highest BCUT2D eigenvalue weighted by molar-refractivity contribution is 9.10. The first-order chi connectivity index (χ1) is 11.9. The van der Waals surface area contributed by atoms with Crippen LogP contribution in [0.15, 0.2) is 47.2 Å². The molecule has 2 rings (SSSR count). The highest BCUT2D eigenvalue weighted by atomic mass is 79.9. The molecule has 0 saturated carbocycles. The molecule has 0 spiro atoms. The van der Waals surface area contributed by atoms with E-state index >= 15 is 0 Å². The summed E-state index contributed by atoms with van der Waals surface area (Å²) in [7, 11) is 0. The molecule has 8 heteroatoms. The number of hydrogen-bond acceptors (Lipinski definition) is 3. The third-order valence-corrected chi connectivity index (χ3v) is 3.34. The fourth-order valence-corrected chi connectivity index (χ4v) is 2.12. The first-order valence-corrected chi connectivity index (χ1v) is 7.80. The van der Waals surface area contributed by atoms with Gasteiger partial charge in [-0.25, -0.2) is 0 Å². The van der Waals surface area contributed by atoms with Crippen LogP contribution >= 0.6 is 15.9 Å². The molecule has 0 fully saturated rings. The van der Waals surface area contributed by atoms with E-state index in [9.17, 15) is 18.0 Å². The van der Waals surface area contributed by atoms with Crippen LogP contribution in [0.25, 0.3) is 0 Å². The molecule has 4 nitrogen and oxygen atoms in total. The summed E-state index contributed by atoms with van der Waals surface area (Å²) >= 11 is 3.21. The number of carbonyl (C=O) groups excluding carboxylic acids is 1. The van der Waals surface area contributed by atoms with E-state index in [4.69, 9.17) is 4.74 Å². The molecule has 0 unspecified atom stereocenters. The number of rotatable bonds is 4. The zero-order valence-electron chi connectivity index (χ0n) is 12.7. The minimum Gasteiger partial charge on any atom is -0.481 e. The third-order valence-electron chi connectivity index (χ3n) is 2.90. The summed E-state index contributed by atoms with van der Waals surface area (Å²) in [6, 6.07) is 6.16. The summed E-state index contributed by atoms with van der Waals surface area (Å²) in [5, 5.41) is 2.58. The molecule has 1 N–H and O–H groups in total. The average Bonchev–Trinajstić information content (AvgIpc) is 2.57. The van der Waals surface area contributed by atoms with E-state index in [0.29, 0.717) is 10.0 Å². The van der Waals surface area contributed by atoms with Crippen LogP contribution in [0.5, 0.6) is 5.75 Å². The van der Waals surface area contributed by atoms with Crippen molar-refractivity contribution in [3.8, 4) is 17.6 Å². The molecule has 0 atom stereocenters. The van der Waals surface area contributed by atoms with Crippen LogP contribution < -0.4 is 10.1 Å². The Balaban J connectivity index is 1.79. The predicted molar refractivity (Wildman–Crippen MR) is 89.0 cm³/mol. The lowest BCUT2D eigenvalue weighted by molar-refractivity contribution is -0.137. The topological polar surface area (TPSA) is 51.2 Å². The molecule has 0 saturated heterocycles. The van der Waals surface area contributed by atoms with Crippen LogP contribution in [0.1, 0.15) is 15.9 Å². The summed E-state index contributed by atoms with van der Waals surface area (Å²) in [6.45, 7) is -0.00702. The highest BCUT2D eigenvalue weighted by Gasteiger charge is 2.30. The number of halogens is 4. The Morgan fingerprint density at radius 2 is 2.04 bits per heavy atom.